The van der Waals surface area contributed by atoms with Gasteiger partial charge in [-0.05, 0) is 31.2 Å². The van der Waals surface area contributed by atoms with Gasteiger partial charge in [-0.2, -0.15) is 0 Å². The maximum absolute atomic E-state index is 12.9. The topological polar surface area (TPSA) is 95.7 Å². The van der Waals surface area contributed by atoms with Crippen LogP contribution in [0.2, 0.25) is 0 Å². The number of nitrogens with two attached hydrogens (primary N) is 1. The lowest BCUT2D eigenvalue weighted by Crippen LogP contribution is -2.37. The van der Waals surface area contributed by atoms with Crippen molar-refractivity contribution in [3.63, 3.8) is 0 Å². The van der Waals surface area contributed by atoms with E-state index >= 15 is 0 Å². The van der Waals surface area contributed by atoms with Gasteiger partial charge < -0.3 is 25.3 Å². The fourth-order valence-electron chi connectivity index (χ4n) is 3.10. The maximum atomic E-state index is 12.9. The van der Waals surface area contributed by atoms with Crippen molar-refractivity contribution < 1.29 is 19.0 Å². The number of ether oxygens (including phenoxy) is 3. The number of methoxy groups -OCH3 is 3. The van der Waals surface area contributed by atoms with Crippen LogP contribution in [0.3, 0.4) is 0 Å². The van der Waals surface area contributed by atoms with E-state index in [0.29, 0.717) is 40.6 Å². The van der Waals surface area contributed by atoms with Gasteiger partial charge >= 0.3 is 0 Å². The predicted molar refractivity (Wildman–Crippen MR) is 127 cm³/mol. The number of nitrogens with one attached hydrogen (secondary N) is 1. The summed E-state index contributed by atoms with van der Waals surface area (Å²) < 4.78 is 16.3. The largest absolute Gasteiger partial charge is 0.493 e. The fraction of sp³-hybridized carbons (Fsp3) is 0.273. The first-order chi connectivity index (χ1) is 14.0. The highest BCUT2D eigenvalue weighted by atomic mass is 35.5. The second-order valence-corrected chi connectivity index (χ2v) is 6.60. The number of benzene rings is 2. The summed E-state index contributed by atoms with van der Waals surface area (Å²) in [5, 5.41) is 3.69. The van der Waals surface area contributed by atoms with Crippen LogP contribution in [0.4, 0.5) is 0 Å². The van der Waals surface area contributed by atoms with Crippen LogP contribution in [0, 0.1) is 0 Å². The fourth-order valence-corrected chi connectivity index (χ4v) is 3.10. The van der Waals surface area contributed by atoms with Gasteiger partial charge in [-0.1, -0.05) is 18.2 Å². The Labute approximate surface area is 194 Å². The number of nitrogens with zero attached hydrogens (tertiary/aromatic N) is 1. The Balaban J connectivity index is 0.00000240. The summed E-state index contributed by atoms with van der Waals surface area (Å²) in [6.07, 6.45) is 0. The molecular formula is C22H27Cl2N3O4. The van der Waals surface area contributed by atoms with E-state index in [1.807, 2.05) is 43.3 Å². The van der Waals surface area contributed by atoms with Crippen molar-refractivity contribution >= 4 is 41.6 Å². The van der Waals surface area contributed by atoms with Crippen molar-refractivity contribution in [3.05, 3.63) is 48.0 Å². The van der Waals surface area contributed by atoms with Crippen LogP contribution < -0.4 is 25.3 Å². The van der Waals surface area contributed by atoms with Crippen LogP contribution in [0.25, 0.3) is 22.2 Å². The van der Waals surface area contributed by atoms with Crippen LogP contribution in [0.5, 0.6) is 17.2 Å². The molecule has 0 bridgehead atoms. The van der Waals surface area contributed by atoms with Crippen LogP contribution >= 0.6 is 24.8 Å². The molecule has 168 valence electrons. The third kappa shape index (κ3) is 5.50. The lowest BCUT2D eigenvalue weighted by atomic mass is 10.0. The van der Waals surface area contributed by atoms with Gasteiger partial charge in [0.15, 0.2) is 11.5 Å². The Kier molecular flexibility index (Phi) is 9.84. The first kappa shape index (κ1) is 26.3. The molecule has 0 aliphatic heterocycles. The van der Waals surface area contributed by atoms with Gasteiger partial charge in [0.1, 0.15) is 0 Å². The molecule has 7 nitrogen and oxygen atoms in total. The maximum Gasteiger partial charge on any atom is 0.252 e. The molecule has 3 aromatic rings. The average molecular weight is 468 g/mol. The number of hydrogen-bond acceptors (Lipinski definition) is 6. The molecule has 31 heavy (non-hydrogen) atoms. The van der Waals surface area contributed by atoms with Crippen LogP contribution in [-0.2, 0) is 0 Å². The number of aromatic nitrogens is 1. The summed E-state index contributed by atoms with van der Waals surface area (Å²) in [6, 6.07) is 12.8. The van der Waals surface area contributed by atoms with E-state index in [2.05, 4.69) is 5.32 Å². The highest BCUT2D eigenvalue weighted by molar-refractivity contribution is 6.07. The molecule has 1 atom stereocenters. The van der Waals surface area contributed by atoms with E-state index in [1.165, 1.54) is 0 Å². The summed E-state index contributed by atoms with van der Waals surface area (Å²) in [5.74, 6) is 1.32. The van der Waals surface area contributed by atoms with Crippen LogP contribution in [-0.4, -0.2) is 44.8 Å². The molecule has 1 heterocycles. The third-order valence-electron chi connectivity index (χ3n) is 4.65. The molecule has 0 spiro atoms. The summed E-state index contributed by atoms with van der Waals surface area (Å²) in [4.78, 5) is 17.6. The molecule has 0 unspecified atom stereocenters. The number of rotatable bonds is 7. The monoisotopic (exact) mass is 467 g/mol. The number of pyridine rings is 1. The molecule has 2 aromatic carbocycles. The van der Waals surface area contributed by atoms with Gasteiger partial charge in [-0.15, -0.1) is 24.8 Å². The Hall–Kier alpha value is -2.74. The van der Waals surface area contributed by atoms with Gasteiger partial charge in [0.05, 0.1) is 38.1 Å². The molecular weight excluding hydrogens is 441 g/mol. The average Bonchev–Trinajstić information content (AvgIpc) is 2.76. The number of carbonyl (C=O) groups excluding carboxylic acids is 1. The lowest BCUT2D eigenvalue weighted by Gasteiger charge is -2.16. The van der Waals surface area contributed by atoms with E-state index in [4.69, 9.17) is 24.9 Å². The Bertz CT molecular complexity index is 1020. The van der Waals surface area contributed by atoms with Gasteiger partial charge in [-0.25, -0.2) is 4.98 Å². The molecule has 0 aliphatic carbocycles. The quantitative estimate of drug-likeness (QED) is 0.547. The lowest BCUT2D eigenvalue weighted by molar-refractivity contribution is 0.0943. The summed E-state index contributed by atoms with van der Waals surface area (Å²) in [6.45, 7) is 2.22. The minimum absolute atomic E-state index is 0. The molecule has 1 amide bonds. The van der Waals surface area contributed by atoms with Crippen molar-refractivity contribution in [2.45, 2.75) is 13.0 Å². The van der Waals surface area contributed by atoms with E-state index in [0.717, 1.165) is 10.9 Å². The molecule has 3 rings (SSSR count). The van der Waals surface area contributed by atoms with Crippen LogP contribution in [0.15, 0.2) is 42.5 Å². The van der Waals surface area contributed by atoms with Crippen molar-refractivity contribution in [2.24, 2.45) is 5.73 Å². The predicted octanol–water partition coefficient (Wildman–Crippen LogP) is 3.85. The molecule has 0 saturated carbocycles. The van der Waals surface area contributed by atoms with E-state index < -0.39 is 0 Å². The standard InChI is InChI=1S/C22H25N3O4.2ClH/c1-13(12-23)24-22(26)16-11-18(25-17-8-6-5-7-15(16)17)14-9-19(27-2)21(29-4)20(10-14)28-3;;/h5-11,13H,12,23H2,1-4H3,(H,24,26);2*1H/t13-;;/m0../s1. The molecule has 0 saturated heterocycles. The number of carbonyl (C=O) groups is 1. The Morgan fingerprint density at radius 2 is 1.65 bits per heavy atom. The Morgan fingerprint density at radius 1 is 1.03 bits per heavy atom. The van der Waals surface area contributed by atoms with E-state index in [1.54, 1.807) is 27.4 Å². The second-order valence-electron chi connectivity index (χ2n) is 6.60. The number of halogens is 2. The van der Waals surface area contributed by atoms with Gasteiger partial charge in [0.2, 0.25) is 5.75 Å². The van der Waals surface area contributed by atoms with Gasteiger partial charge in [0.25, 0.3) is 5.91 Å². The van der Waals surface area contributed by atoms with Crippen molar-refractivity contribution in [1.82, 2.24) is 10.3 Å². The molecule has 0 radical (unpaired) electrons. The van der Waals surface area contributed by atoms with Crippen molar-refractivity contribution in [2.75, 3.05) is 27.9 Å². The molecule has 0 fully saturated rings. The number of hydrogen-bond donors (Lipinski definition) is 2. The van der Waals surface area contributed by atoms with Crippen molar-refractivity contribution in [1.29, 1.82) is 0 Å². The van der Waals surface area contributed by atoms with E-state index in [-0.39, 0.29) is 36.8 Å². The SMILES string of the molecule is COc1cc(-c2cc(C(=O)N[C@@H](C)CN)c3ccccc3n2)cc(OC)c1OC.Cl.Cl. The van der Waals surface area contributed by atoms with Gasteiger partial charge in [-0.3, -0.25) is 4.79 Å². The third-order valence-corrected chi connectivity index (χ3v) is 4.65. The number of para-hydroxylation sites is 1. The smallest absolute Gasteiger partial charge is 0.252 e. The first-order valence-electron chi connectivity index (χ1n) is 9.23. The zero-order chi connectivity index (χ0) is 21.0. The molecule has 1 aromatic heterocycles. The molecule has 9 heteroatoms. The zero-order valence-corrected chi connectivity index (χ0v) is 19.4. The zero-order valence-electron chi connectivity index (χ0n) is 17.8. The first-order valence-corrected chi connectivity index (χ1v) is 9.23. The summed E-state index contributed by atoms with van der Waals surface area (Å²) in [7, 11) is 4.67. The van der Waals surface area contributed by atoms with Crippen molar-refractivity contribution in [3.8, 4) is 28.5 Å². The molecule has 3 N–H and O–H groups in total. The minimum Gasteiger partial charge on any atom is -0.493 e. The minimum atomic E-state index is -0.199. The normalized spacial score (nSPS) is 11.0. The second kappa shape index (κ2) is 11.6. The number of amides is 1. The summed E-state index contributed by atoms with van der Waals surface area (Å²) >= 11 is 0. The highest BCUT2D eigenvalue weighted by Gasteiger charge is 2.18. The van der Waals surface area contributed by atoms with Crippen LogP contribution in [0.1, 0.15) is 17.3 Å². The highest BCUT2D eigenvalue weighted by Crippen LogP contribution is 2.41. The number of fused-ring (bicyclic) bond motifs is 1. The summed E-state index contributed by atoms with van der Waals surface area (Å²) in [5.41, 5.74) is 8.26. The van der Waals surface area contributed by atoms with E-state index in [9.17, 15) is 4.79 Å². The van der Waals surface area contributed by atoms with Gasteiger partial charge in [0, 0.05) is 23.5 Å². The molecule has 0 aliphatic rings. The Morgan fingerprint density at radius 3 is 2.19 bits per heavy atom.